The van der Waals surface area contributed by atoms with Crippen molar-refractivity contribution in [3.05, 3.63) is 53.4 Å². The molecule has 4 rings (SSSR count). The highest BCUT2D eigenvalue weighted by Gasteiger charge is 2.27. The van der Waals surface area contributed by atoms with Crippen molar-refractivity contribution in [2.24, 2.45) is 5.92 Å². The second-order valence-corrected chi connectivity index (χ2v) is 7.50. The summed E-state index contributed by atoms with van der Waals surface area (Å²) >= 11 is 1.39. The van der Waals surface area contributed by atoms with E-state index in [4.69, 9.17) is 14.2 Å². The van der Waals surface area contributed by atoms with Gasteiger partial charge in [0, 0.05) is 10.9 Å². The Bertz CT molecular complexity index is 1020. The van der Waals surface area contributed by atoms with E-state index in [2.05, 4.69) is 10.3 Å². The van der Waals surface area contributed by atoms with Crippen molar-refractivity contribution in [1.82, 2.24) is 4.98 Å². The van der Waals surface area contributed by atoms with Gasteiger partial charge in [-0.3, -0.25) is 4.79 Å². The van der Waals surface area contributed by atoms with Gasteiger partial charge in [-0.2, -0.15) is 0 Å². The smallest absolute Gasteiger partial charge is 0.233 e. The van der Waals surface area contributed by atoms with Crippen LogP contribution in [0.15, 0.2) is 47.8 Å². The van der Waals surface area contributed by atoms with E-state index >= 15 is 0 Å². The number of rotatable bonds is 6. The molecule has 2 heterocycles. The predicted molar refractivity (Wildman–Crippen MR) is 113 cm³/mol. The Hall–Kier alpha value is -3.06. The number of thiazole rings is 1. The molecule has 0 bridgehead atoms. The van der Waals surface area contributed by atoms with Gasteiger partial charge in [0.05, 0.1) is 25.3 Å². The van der Waals surface area contributed by atoms with Gasteiger partial charge in [-0.15, -0.1) is 11.3 Å². The maximum atomic E-state index is 12.8. The van der Waals surface area contributed by atoms with E-state index in [9.17, 15) is 4.79 Å². The Balaban J connectivity index is 1.45. The quantitative estimate of drug-likeness (QED) is 0.652. The minimum absolute atomic E-state index is 0.0987. The second kappa shape index (κ2) is 8.53. The Kier molecular flexibility index (Phi) is 5.67. The van der Waals surface area contributed by atoms with Crippen molar-refractivity contribution in [3.8, 4) is 28.5 Å². The first-order valence-corrected chi connectivity index (χ1v) is 10.3. The van der Waals surface area contributed by atoms with Crippen LogP contribution < -0.4 is 19.5 Å². The van der Waals surface area contributed by atoms with Gasteiger partial charge in [0.25, 0.3) is 0 Å². The molecule has 0 saturated heterocycles. The molecule has 1 N–H and O–H groups in total. The number of para-hydroxylation sites is 1. The molecule has 2 aromatic carbocycles. The number of benzene rings is 2. The molecule has 6 nitrogen and oxygen atoms in total. The van der Waals surface area contributed by atoms with Crippen LogP contribution in [-0.2, 0) is 11.2 Å². The third-order valence-corrected chi connectivity index (χ3v) is 5.50. The Labute approximate surface area is 173 Å². The molecular weight excluding hydrogens is 388 g/mol. The zero-order chi connectivity index (χ0) is 20.2. The number of hydrogen-bond acceptors (Lipinski definition) is 6. The van der Waals surface area contributed by atoms with Gasteiger partial charge in [0.2, 0.25) is 5.91 Å². The standard InChI is InChI=1S/C22H22N2O4S/c1-3-27-16-8-9-19-14(11-16)10-15(12-28-19)21(25)24-22-23-18(13-29-22)17-6-4-5-7-20(17)26-2/h4-9,11,13,15H,3,10,12H2,1-2H3,(H,23,24,25). The Morgan fingerprint density at radius 3 is 3.00 bits per heavy atom. The van der Waals surface area contributed by atoms with Crippen molar-refractivity contribution >= 4 is 22.4 Å². The average Bonchev–Trinajstić information content (AvgIpc) is 3.21. The van der Waals surface area contributed by atoms with Crippen LogP contribution in [0.25, 0.3) is 11.3 Å². The molecule has 1 amide bonds. The summed E-state index contributed by atoms with van der Waals surface area (Å²) in [5, 5.41) is 5.40. The van der Waals surface area contributed by atoms with E-state index in [1.165, 1.54) is 11.3 Å². The molecule has 1 aromatic heterocycles. The van der Waals surface area contributed by atoms with Crippen LogP contribution in [0.4, 0.5) is 5.13 Å². The Morgan fingerprint density at radius 1 is 1.31 bits per heavy atom. The Morgan fingerprint density at radius 2 is 2.17 bits per heavy atom. The minimum Gasteiger partial charge on any atom is -0.496 e. The largest absolute Gasteiger partial charge is 0.496 e. The van der Waals surface area contributed by atoms with Gasteiger partial charge >= 0.3 is 0 Å². The molecule has 1 aliphatic rings. The summed E-state index contributed by atoms with van der Waals surface area (Å²) in [5.74, 6) is 1.97. The zero-order valence-electron chi connectivity index (χ0n) is 16.3. The number of ether oxygens (including phenoxy) is 3. The molecule has 0 aliphatic carbocycles. The van der Waals surface area contributed by atoms with Crippen LogP contribution in [0.3, 0.4) is 0 Å². The molecule has 29 heavy (non-hydrogen) atoms. The fourth-order valence-electron chi connectivity index (χ4n) is 3.31. The third-order valence-electron chi connectivity index (χ3n) is 4.74. The maximum absolute atomic E-state index is 12.8. The number of carbonyl (C=O) groups excluding carboxylic acids is 1. The molecule has 1 unspecified atom stereocenters. The van der Waals surface area contributed by atoms with Crippen molar-refractivity contribution in [1.29, 1.82) is 0 Å². The number of nitrogens with zero attached hydrogens (tertiary/aromatic N) is 1. The van der Waals surface area contributed by atoms with Crippen molar-refractivity contribution in [2.75, 3.05) is 25.6 Å². The summed E-state index contributed by atoms with van der Waals surface area (Å²) in [6, 6.07) is 13.4. The number of hydrogen-bond donors (Lipinski definition) is 1. The van der Waals surface area contributed by atoms with Crippen LogP contribution >= 0.6 is 11.3 Å². The lowest BCUT2D eigenvalue weighted by molar-refractivity contribution is -0.121. The number of fused-ring (bicyclic) bond motifs is 1. The predicted octanol–water partition coefficient (Wildman–Crippen LogP) is 4.41. The van der Waals surface area contributed by atoms with Gasteiger partial charge < -0.3 is 19.5 Å². The van der Waals surface area contributed by atoms with Gasteiger partial charge in [0.1, 0.15) is 23.9 Å². The van der Waals surface area contributed by atoms with Gasteiger partial charge in [-0.05, 0) is 49.2 Å². The average molecular weight is 410 g/mol. The number of nitrogens with one attached hydrogen (secondary N) is 1. The summed E-state index contributed by atoms with van der Waals surface area (Å²) in [7, 11) is 1.63. The van der Waals surface area contributed by atoms with Crippen molar-refractivity contribution in [3.63, 3.8) is 0 Å². The molecule has 0 radical (unpaired) electrons. The minimum atomic E-state index is -0.280. The molecule has 3 aromatic rings. The van der Waals surface area contributed by atoms with E-state index in [1.54, 1.807) is 7.11 Å². The molecule has 0 spiro atoms. The molecule has 0 saturated carbocycles. The van der Waals surface area contributed by atoms with E-state index in [0.717, 1.165) is 34.1 Å². The summed E-state index contributed by atoms with van der Waals surface area (Å²) in [5.41, 5.74) is 2.65. The highest BCUT2D eigenvalue weighted by Crippen LogP contribution is 2.33. The third kappa shape index (κ3) is 4.19. The molecule has 1 aliphatic heterocycles. The van der Waals surface area contributed by atoms with Crippen LogP contribution in [0.2, 0.25) is 0 Å². The van der Waals surface area contributed by atoms with Crippen LogP contribution in [0.1, 0.15) is 12.5 Å². The fourth-order valence-corrected chi connectivity index (χ4v) is 4.03. The first-order valence-electron chi connectivity index (χ1n) is 9.46. The molecule has 0 fully saturated rings. The van der Waals surface area contributed by atoms with Crippen LogP contribution in [0.5, 0.6) is 17.2 Å². The van der Waals surface area contributed by atoms with Crippen molar-refractivity contribution < 1.29 is 19.0 Å². The van der Waals surface area contributed by atoms with Gasteiger partial charge in [-0.25, -0.2) is 4.98 Å². The highest BCUT2D eigenvalue weighted by atomic mass is 32.1. The maximum Gasteiger partial charge on any atom is 0.233 e. The van der Waals surface area contributed by atoms with Crippen LogP contribution in [-0.4, -0.2) is 31.2 Å². The second-order valence-electron chi connectivity index (χ2n) is 6.64. The lowest BCUT2D eigenvalue weighted by Gasteiger charge is -2.24. The zero-order valence-corrected chi connectivity index (χ0v) is 17.1. The number of carbonyl (C=O) groups is 1. The van der Waals surface area contributed by atoms with Crippen LogP contribution in [0, 0.1) is 5.92 Å². The first-order chi connectivity index (χ1) is 14.2. The lowest BCUT2D eigenvalue weighted by atomic mass is 9.96. The van der Waals surface area contributed by atoms with E-state index in [0.29, 0.717) is 24.8 Å². The fraction of sp³-hybridized carbons (Fsp3) is 0.273. The van der Waals surface area contributed by atoms with E-state index < -0.39 is 0 Å². The number of methoxy groups -OCH3 is 1. The van der Waals surface area contributed by atoms with E-state index in [-0.39, 0.29) is 11.8 Å². The highest BCUT2D eigenvalue weighted by molar-refractivity contribution is 7.14. The molecule has 7 heteroatoms. The monoisotopic (exact) mass is 410 g/mol. The summed E-state index contributed by atoms with van der Waals surface area (Å²) in [6.07, 6.45) is 0.604. The normalized spacial score (nSPS) is 15.2. The number of amides is 1. The van der Waals surface area contributed by atoms with Gasteiger partial charge in [-0.1, -0.05) is 12.1 Å². The summed E-state index contributed by atoms with van der Waals surface area (Å²) < 4.78 is 16.7. The van der Waals surface area contributed by atoms with E-state index in [1.807, 2.05) is 54.8 Å². The molecule has 150 valence electrons. The topological polar surface area (TPSA) is 69.7 Å². The summed E-state index contributed by atoms with van der Waals surface area (Å²) in [4.78, 5) is 17.3. The van der Waals surface area contributed by atoms with Crippen molar-refractivity contribution in [2.45, 2.75) is 13.3 Å². The van der Waals surface area contributed by atoms with Gasteiger partial charge in [0.15, 0.2) is 5.13 Å². The number of anilines is 1. The summed E-state index contributed by atoms with van der Waals surface area (Å²) in [6.45, 7) is 2.89. The molecular formula is C22H22N2O4S. The first kappa shape index (κ1) is 19.3. The lowest BCUT2D eigenvalue weighted by Crippen LogP contribution is -2.32. The molecule has 1 atom stereocenters. The number of aromatic nitrogens is 1. The SMILES string of the molecule is CCOc1ccc2c(c1)CC(C(=O)Nc1nc(-c3ccccc3OC)cs1)CO2.